The fourth-order valence-corrected chi connectivity index (χ4v) is 1.87. The van der Waals surface area contributed by atoms with Gasteiger partial charge in [0, 0.05) is 12.1 Å². The van der Waals surface area contributed by atoms with E-state index in [1.165, 1.54) is 12.1 Å². The number of nitro groups is 1. The Kier molecular flexibility index (Phi) is 5.07. The summed E-state index contributed by atoms with van der Waals surface area (Å²) in [5.74, 6) is -1.93. The van der Waals surface area contributed by atoms with Gasteiger partial charge in [-0.1, -0.05) is 6.07 Å². The van der Waals surface area contributed by atoms with Gasteiger partial charge in [0.25, 0.3) is 17.2 Å². The summed E-state index contributed by atoms with van der Waals surface area (Å²) in [6.45, 7) is 0.890. The van der Waals surface area contributed by atoms with Crippen LogP contribution < -0.4 is 16.6 Å². The van der Waals surface area contributed by atoms with Gasteiger partial charge in [0.05, 0.1) is 4.92 Å². The van der Waals surface area contributed by atoms with Crippen LogP contribution in [0.1, 0.15) is 16.1 Å². The van der Waals surface area contributed by atoms with Crippen molar-refractivity contribution in [3.63, 3.8) is 0 Å². The molecule has 3 N–H and O–H groups in total. The zero-order chi connectivity index (χ0) is 18.6. The van der Waals surface area contributed by atoms with Crippen molar-refractivity contribution < 1.29 is 19.2 Å². The largest absolute Gasteiger partial charge is 0.451 e. The van der Waals surface area contributed by atoms with Gasteiger partial charge in [0.1, 0.15) is 11.4 Å². The molecular formula is C14H12N4O7. The molecule has 2 aromatic rings. The summed E-state index contributed by atoms with van der Waals surface area (Å²) in [4.78, 5) is 59.9. The third kappa shape index (κ3) is 4.60. The fourth-order valence-electron chi connectivity index (χ4n) is 1.87. The quantitative estimate of drug-likeness (QED) is 0.391. The van der Waals surface area contributed by atoms with Gasteiger partial charge in [-0.15, -0.1) is 0 Å². The molecule has 0 spiro atoms. The average molecular weight is 348 g/mol. The van der Waals surface area contributed by atoms with Gasteiger partial charge >= 0.3 is 11.7 Å². The summed E-state index contributed by atoms with van der Waals surface area (Å²) in [7, 11) is 0. The van der Waals surface area contributed by atoms with Gasteiger partial charge in [-0.3, -0.25) is 24.7 Å². The highest BCUT2D eigenvalue weighted by atomic mass is 16.6. The number of hydrogen-bond acceptors (Lipinski definition) is 7. The van der Waals surface area contributed by atoms with Crippen LogP contribution in [0.4, 0.5) is 11.4 Å². The predicted octanol–water partition coefficient (Wildman–Crippen LogP) is 0.0753. The molecule has 1 aromatic heterocycles. The first-order valence-electron chi connectivity index (χ1n) is 6.82. The molecule has 0 saturated heterocycles. The van der Waals surface area contributed by atoms with Crippen molar-refractivity contribution in [2.45, 2.75) is 6.92 Å². The number of aryl methyl sites for hydroxylation is 1. The van der Waals surface area contributed by atoms with Gasteiger partial charge in [-0.2, -0.15) is 0 Å². The highest BCUT2D eigenvalue weighted by Gasteiger charge is 2.17. The zero-order valence-corrected chi connectivity index (χ0v) is 12.8. The van der Waals surface area contributed by atoms with Crippen LogP contribution in [0, 0.1) is 17.0 Å². The number of anilines is 1. The first-order chi connectivity index (χ1) is 11.8. The van der Waals surface area contributed by atoms with Crippen molar-refractivity contribution in [2.75, 3.05) is 11.9 Å². The standard InChI is InChI=1S/C14H12N4O7/c1-7-2-3-8(10(4-7)18(23)24)15-12(20)6-25-13(21)9-5-11(19)17-14(22)16-9/h2-5H,6H2,1H3,(H,15,20)(H2,16,17,19,22). The number of H-pyrrole nitrogens is 2. The summed E-state index contributed by atoms with van der Waals surface area (Å²) in [5, 5.41) is 13.2. The molecule has 0 saturated carbocycles. The Morgan fingerprint density at radius 3 is 2.60 bits per heavy atom. The third-order valence-corrected chi connectivity index (χ3v) is 2.94. The first-order valence-corrected chi connectivity index (χ1v) is 6.82. The number of amides is 1. The van der Waals surface area contributed by atoms with E-state index in [0.29, 0.717) is 5.56 Å². The average Bonchev–Trinajstić information content (AvgIpc) is 2.53. The molecule has 25 heavy (non-hydrogen) atoms. The lowest BCUT2D eigenvalue weighted by Crippen LogP contribution is -2.27. The van der Waals surface area contributed by atoms with Crippen LogP contribution in [-0.2, 0) is 9.53 Å². The number of carbonyl (C=O) groups excluding carboxylic acids is 2. The number of nitrogens with zero attached hydrogens (tertiary/aromatic N) is 1. The highest BCUT2D eigenvalue weighted by molar-refractivity contribution is 5.96. The summed E-state index contributed by atoms with van der Waals surface area (Å²) in [6, 6.07) is 4.99. The van der Waals surface area contributed by atoms with Gasteiger partial charge in [-0.05, 0) is 18.6 Å². The number of ether oxygens (including phenoxy) is 1. The summed E-state index contributed by atoms with van der Waals surface area (Å²) in [6.07, 6.45) is 0. The van der Waals surface area contributed by atoms with Gasteiger partial charge in [-0.25, -0.2) is 9.59 Å². The van der Waals surface area contributed by atoms with E-state index in [-0.39, 0.29) is 11.4 Å². The number of aromatic nitrogens is 2. The maximum atomic E-state index is 11.8. The van der Waals surface area contributed by atoms with Crippen LogP contribution in [0.2, 0.25) is 0 Å². The lowest BCUT2D eigenvalue weighted by molar-refractivity contribution is -0.384. The molecule has 130 valence electrons. The summed E-state index contributed by atoms with van der Waals surface area (Å²) in [5.41, 5.74) is -1.87. The van der Waals surface area contributed by atoms with Crippen LogP contribution >= 0.6 is 0 Å². The Balaban J connectivity index is 2.04. The number of carbonyl (C=O) groups is 2. The van der Waals surface area contributed by atoms with E-state index in [1.807, 2.05) is 9.97 Å². The van der Waals surface area contributed by atoms with E-state index >= 15 is 0 Å². The van der Waals surface area contributed by atoms with E-state index in [2.05, 4.69) is 10.1 Å². The first kappa shape index (κ1) is 17.6. The second-order valence-corrected chi connectivity index (χ2v) is 4.90. The Labute approximate surface area is 138 Å². The van der Waals surface area contributed by atoms with Crippen molar-refractivity contribution in [3.05, 3.63) is 66.5 Å². The number of benzene rings is 1. The molecule has 0 fully saturated rings. The molecule has 1 aromatic carbocycles. The summed E-state index contributed by atoms with van der Waals surface area (Å²) >= 11 is 0. The van der Waals surface area contributed by atoms with Crippen molar-refractivity contribution in [1.82, 2.24) is 9.97 Å². The SMILES string of the molecule is Cc1ccc(NC(=O)COC(=O)c2cc(=O)[nH]c(=O)[nH]2)c([N+](=O)[O-])c1. The number of rotatable bonds is 5. The molecule has 0 aliphatic rings. The Morgan fingerprint density at radius 1 is 1.24 bits per heavy atom. The monoisotopic (exact) mass is 348 g/mol. The van der Waals surface area contributed by atoms with Gasteiger partial charge < -0.3 is 15.0 Å². The molecule has 2 rings (SSSR count). The third-order valence-electron chi connectivity index (χ3n) is 2.94. The molecular weight excluding hydrogens is 336 g/mol. The lowest BCUT2D eigenvalue weighted by atomic mass is 10.2. The second kappa shape index (κ2) is 7.21. The van der Waals surface area contributed by atoms with Crippen molar-refractivity contribution in [2.24, 2.45) is 0 Å². The van der Waals surface area contributed by atoms with Crippen LogP contribution in [0.15, 0.2) is 33.9 Å². The molecule has 1 amide bonds. The van der Waals surface area contributed by atoms with Crippen LogP contribution in [0.5, 0.6) is 0 Å². The summed E-state index contributed by atoms with van der Waals surface area (Å²) < 4.78 is 4.65. The maximum absolute atomic E-state index is 11.8. The zero-order valence-electron chi connectivity index (χ0n) is 12.8. The minimum absolute atomic E-state index is 0.0544. The molecule has 0 unspecified atom stereocenters. The minimum Gasteiger partial charge on any atom is -0.451 e. The lowest BCUT2D eigenvalue weighted by Gasteiger charge is -2.07. The van der Waals surface area contributed by atoms with E-state index in [4.69, 9.17) is 0 Å². The Morgan fingerprint density at radius 2 is 1.96 bits per heavy atom. The minimum atomic E-state index is -1.10. The Hall–Kier alpha value is -3.76. The molecule has 0 radical (unpaired) electrons. The maximum Gasteiger partial charge on any atom is 0.355 e. The predicted molar refractivity (Wildman–Crippen MR) is 84.4 cm³/mol. The van der Waals surface area contributed by atoms with E-state index < -0.39 is 40.3 Å². The van der Waals surface area contributed by atoms with Gasteiger partial charge in [0.15, 0.2) is 6.61 Å². The number of aromatic amines is 2. The molecule has 0 bridgehead atoms. The van der Waals surface area contributed by atoms with Gasteiger partial charge in [0.2, 0.25) is 0 Å². The van der Waals surface area contributed by atoms with Crippen molar-refractivity contribution in [1.29, 1.82) is 0 Å². The van der Waals surface area contributed by atoms with Crippen molar-refractivity contribution >= 4 is 23.3 Å². The normalized spacial score (nSPS) is 10.1. The Bertz CT molecular complexity index is 932. The fraction of sp³-hybridized carbons (Fsp3) is 0.143. The molecule has 0 aliphatic carbocycles. The smallest absolute Gasteiger partial charge is 0.355 e. The number of nitrogens with one attached hydrogen (secondary N) is 3. The molecule has 0 aliphatic heterocycles. The second-order valence-electron chi connectivity index (χ2n) is 4.90. The molecule has 11 nitrogen and oxygen atoms in total. The van der Waals surface area contributed by atoms with Crippen LogP contribution in [-0.4, -0.2) is 33.4 Å². The number of nitro benzene ring substituents is 1. The highest BCUT2D eigenvalue weighted by Crippen LogP contribution is 2.25. The molecule has 11 heteroatoms. The van der Waals surface area contributed by atoms with E-state index in [9.17, 15) is 29.3 Å². The molecule has 1 heterocycles. The topological polar surface area (TPSA) is 164 Å². The molecule has 0 atom stereocenters. The number of esters is 1. The van der Waals surface area contributed by atoms with E-state index in [0.717, 1.165) is 6.07 Å². The van der Waals surface area contributed by atoms with E-state index in [1.54, 1.807) is 13.0 Å². The number of hydrogen-bond donors (Lipinski definition) is 3. The van der Waals surface area contributed by atoms with Crippen LogP contribution in [0.3, 0.4) is 0 Å². The van der Waals surface area contributed by atoms with Crippen molar-refractivity contribution in [3.8, 4) is 0 Å². The van der Waals surface area contributed by atoms with Crippen LogP contribution in [0.25, 0.3) is 0 Å².